The summed E-state index contributed by atoms with van der Waals surface area (Å²) in [6.07, 6.45) is 2.83. The molecule has 2 unspecified atom stereocenters. The van der Waals surface area contributed by atoms with Crippen LogP contribution in [0.4, 0.5) is 5.69 Å². The molecule has 0 aromatic heterocycles. The number of rotatable bonds is 6. The van der Waals surface area contributed by atoms with E-state index in [-0.39, 0.29) is 5.91 Å². The molecule has 1 aromatic rings. The quantitative estimate of drug-likeness (QED) is 0.863. The van der Waals surface area contributed by atoms with Crippen LogP contribution in [0.5, 0.6) is 0 Å². The average Bonchev–Trinajstić information content (AvgIpc) is 2.74. The van der Waals surface area contributed by atoms with Gasteiger partial charge in [-0.2, -0.15) is 0 Å². The first-order valence-corrected chi connectivity index (χ1v) is 7.71. The fraction of sp³-hybridized carbons (Fsp3) is 0.588. The topological polar surface area (TPSA) is 32.3 Å². The van der Waals surface area contributed by atoms with Crippen molar-refractivity contribution >= 4 is 11.6 Å². The van der Waals surface area contributed by atoms with Gasteiger partial charge in [0, 0.05) is 18.8 Å². The van der Waals surface area contributed by atoms with Gasteiger partial charge in [-0.3, -0.25) is 4.79 Å². The van der Waals surface area contributed by atoms with Crippen LogP contribution in [0, 0.1) is 5.92 Å². The summed E-state index contributed by atoms with van der Waals surface area (Å²) in [5.74, 6) is 0.785. The van der Waals surface area contributed by atoms with Gasteiger partial charge in [0.2, 0.25) is 5.91 Å². The largest absolute Gasteiger partial charge is 0.315 e. The van der Waals surface area contributed by atoms with Crippen molar-refractivity contribution in [3.8, 4) is 0 Å². The molecule has 0 spiro atoms. The van der Waals surface area contributed by atoms with Gasteiger partial charge < -0.3 is 10.2 Å². The molecule has 0 fully saturated rings. The molecule has 0 saturated heterocycles. The summed E-state index contributed by atoms with van der Waals surface area (Å²) in [5, 5.41) is 3.65. The summed E-state index contributed by atoms with van der Waals surface area (Å²) < 4.78 is 0. The van der Waals surface area contributed by atoms with Crippen LogP contribution in [-0.2, 0) is 11.2 Å². The van der Waals surface area contributed by atoms with E-state index in [9.17, 15) is 4.79 Å². The first-order valence-electron chi connectivity index (χ1n) is 7.71. The Balaban J connectivity index is 2.26. The Hall–Kier alpha value is -1.35. The summed E-state index contributed by atoms with van der Waals surface area (Å²) in [5.41, 5.74) is 3.55. The first-order chi connectivity index (χ1) is 9.58. The molecule has 2 rings (SSSR count). The number of hydrogen-bond donors (Lipinski definition) is 1. The standard InChI is InChI=1S/C17H26N2O/c1-5-9-18-17(12(3)6-2)13-7-8-15-14(10-13)11-16(20)19(15)4/h7-8,10,12,17-18H,5-6,9,11H2,1-4H3. The number of nitrogens with one attached hydrogen (secondary N) is 1. The van der Waals surface area contributed by atoms with Gasteiger partial charge in [0.15, 0.2) is 0 Å². The number of likely N-dealkylation sites (N-methyl/N-ethyl adjacent to an activating group) is 1. The second kappa shape index (κ2) is 6.40. The highest BCUT2D eigenvalue weighted by molar-refractivity contribution is 6.00. The zero-order valence-corrected chi connectivity index (χ0v) is 13.1. The smallest absolute Gasteiger partial charge is 0.231 e. The predicted octanol–water partition coefficient (Wildman–Crippen LogP) is 3.29. The second-order valence-electron chi connectivity index (χ2n) is 5.84. The second-order valence-corrected chi connectivity index (χ2v) is 5.84. The zero-order valence-electron chi connectivity index (χ0n) is 13.1. The summed E-state index contributed by atoms with van der Waals surface area (Å²) in [6, 6.07) is 6.87. The van der Waals surface area contributed by atoms with E-state index in [0.29, 0.717) is 18.4 Å². The zero-order chi connectivity index (χ0) is 14.7. The lowest BCUT2D eigenvalue weighted by atomic mass is 9.91. The normalized spacial score (nSPS) is 17.2. The van der Waals surface area contributed by atoms with Gasteiger partial charge in [0.05, 0.1) is 6.42 Å². The van der Waals surface area contributed by atoms with Crippen LogP contribution in [0.1, 0.15) is 50.8 Å². The van der Waals surface area contributed by atoms with E-state index >= 15 is 0 Å². The van der Waals surface area contributed by atoms with Crippen molar-refractivity contribution in [3.63, 3.8) is 0 Å². The molecule has 0 radical (unpaired) electrons. The molecule has 20 heavy (non-hydrogen) atoms. The highest BCUT2D eigenvalue weighted by Crippen LogP contribution is 2.32. The van der Waals surface area contributed by atoms with Gasteiger partial charge in [0.25, 0.3) is 0 Å². The maximum atomic E-state index is 11.8. The number of benzene rings is 1. The molecule has 3 heteroatoms. The van der Waals surface area contributed by atoms with Crippen LogP contribution >= 0.6 is 0 Å². The van der Waals surface area contributed by atoms with Crippen molar-refractivity contribution in [3.05, 3.63) is 29.3 Å². The Morgan fingerprint density at radius 3 is 2.75 bits per heavy atom. The number of anilines is 1. The monoisotopic (exact) mass is 274 g/mol. The average molecular weight is 274 g/mol. The Kier molecular flexibility index (Phi) is 4.81. The van der Waals surface area contributed by atoms with Gasteiger partial charge in [0.1, 0.15) is 0 Å². The van der Waals surface area contributed by atoms with Crippen molar-refractivity contribution in [1.82, 2.24) is 5.32 Å². The molecule has 1 amide bonds. The number of amides is 1. The molecule has 2 atom stereocenters. The van der Waals surface area contributed by atoms with Crippen molar-refractivity contribution in [1.29, 1.82) is 0 Å². The summed E-state index contributed by atoms with van der Waals surface area (Å²) >= 11 is 0. The molecule has 3 nitrogen and oxygen atoms in total. The van der Waals surface area contributed by atoms with Crippen molar-refractivity contribution in [2.24, 2.45) is 5.92 Å². The fourth-order valence-electron chi connectivity index (χ4n) is 2.87. The summed E-state index contributed by atoms with van der Waals surface area (Å²) in [4.78, 5) is 13.5. The molecule has 1 N–H and O–H groups in total. The minimum atomic E-state index is 0.193. The van der Waals surface area contributed by atoms with E-state index in [2.05, 4.69) is 44.3 Å². The van der Waals surface area contributed by atoms with Gasteiger partial charge in [-0.05, 0) is 36.1 Å². The molecule has 1 aliphatic heterocycles. The molecule has 110 valence electrons. The van der Waals surface area contributed by atoms with Crippen molar-refractivity contribution < 1.29 is 4.79 Å². The number of fused-ring (bicyclic) bond motifs is 1. The van der Waals surface area contributed by atoms with E-state index in [1.807, 2.05) is 7.05 Å². The maximum Gasteiger partial charge on any atom is 0.231 e. The van der Waals surface area contributed by atoms with Crippen LogP contribution in [-0.4, -0.2) is 19.5 Å². The molecular weight excluding hydrogens is 248 g/mol. The molecule has 1 aromatic carbocycles. The third kappa shape index (κ3) is 2.88. The predicted molar refractivity (Wildman–Crippen MR) is 84.0 cm³/mol. The van der Waals surface area contributed by atoms with Gasteiger partial charge in [-0.25, -0.2) is 0 Å². The van der Waals surface area contributed by atoms with Crippen LogP contribution < -0.4 is 10.2 Å². The molecule has 1 heterocycles. The number of carbonyl (C=O) groups excluding carboxylic acids is 1. The third-order valence-electron chi connectivity index (χ3n) is 4.37. The molecule has 0 saturated carbocycles. The molecule has 1 aliphatic rings. The Morgan fingerprint density at radius 2 is 2.10 bits per heavy atom. The van der Waals surface area contributed by atoms with Crippen LogP contribution in [0.2, 0.25) is 0 Å². The number of carbonyl (C=O) groups is 1. The number of nitrogens with zero attached hydrogens (tertiary/aromatic N) is 1. The number of hydrogen-bond acceptors (Lipinski definition) is 2. The fourth-order valence-corrected chi connectivity index (χ4v) is 2.87. The Labute approximate surface area is 122 Å². The minimum absolute atomic E-state index is 0.193. The van der Waals surface area contributed by atoms with Crippen LogP contribution in [0.15, 0.2) is 18.2 Å². The highest BCUT2D eigenvalue weighted by Gasteiger charge is 2.26. The minimum Gasteiger partial charge on any atom is -0.315 e. The van der Waals surface area contributed by atoms with Gasteiger partial charge in [-0.1, -0.05) is 39.3 Å². The lowest BCUT2D eigenvalue weighted by molar-refractivity contribution is -0.117. The first kappa shape index (κ1) is 15.0. The van der Waals surface area contributed by atoms with Crippen molar-refractivity contribution in [2.75, 3.05) is 18.5 Å². The molecule has 0 bridgehead atoms. The van der Waals surface area contributed by atoms with E-state index in [1.54, 1.807) is 4.90 Å². The van der Waals surface area contributed by atoms with E-state index < -0.39 is 0 Å². The van der Waals surface area contributed by atoms with E-state index in [0.717, 1.165) is 25.1 Å². The highest BCUT2D eigenvalue weighted by atomic mass is 16.2. The Morgan fingerprint density at radius 1 is 1.35 bits per heavy atom. The maximum absolute atomic E-state index is 11.8. The van der Waals surface area contributed by atoms with Crippen molar-refractivity contribution in [2.45, 2.75) is 46.1 Å². The van der Waals surface area contributed by atoms with Crippen LogP contribution in [0.25, 0.3) is 0 Å². The lowest BCUT2D eigenvalue weighted by Crippen LogP contribution is -2.27. The van der Waals surface area contributed by atoms with Gasteiger partial charge in [-0.15, -0.1) is 0 Å². The molecular formula is C17H26N2O. The third-order valence-corrected chi connectivity index (χ3v) is 4.37. The van der Waals surface area contributed by atoms with E-state index in [1.165, 1.54) is 11.1 Å². The van der Waals surface area contributed by atoms with Crippen LogP contribution in [0.3, 0.4) is 0 Å². The summed E-state index contributed by atoms with van der Waals surface area (Å²) in [6.45, 7) is 7.75. The molecule has 0 aliphatic carbocycles. The van der Waals surface area contributed by atoms with E-state index in [4.69, 9.17) is 0 Å². The summed E-state index contributed by atoms with van der Waals surface area (Å²) in [7, 11) is 1.86. The Bertz CT molecular complexity index is 484. The SMILES string of the molecule is CCCNC(c1ccc2c(c1)CC(=O)N2C)C(C)CC. The van der Waals surface area contributed by atoms with Gasteiger partial charge >= 0.3 is 0 Å². The lowest BCUT2D eigenvalue weighted by Gasteiger charge is -2.25.